The van der Waals surface area contributed by atoms with Gasteiger partial charge in [-0.1, -0.05) is 6.42 Å². The summed E-state index contributed by atoms with van der Waals surface area (Å²) in [4.78, 5) is 17.7. The number of hydrogen-bond donors (Lipinski definition) is 0. The molecule has 0 aromatic heterocycles. The Hall–Kier alpha value is -3.13. The first-order valence-corrected chi connectivity index (χ1v) is 13.4. The number of carbonyl (C=O) groups excluding carboxylic acids is 1. The molecule has 3 aliphatic rings. The molecule has 0 N–H and O–H groups in total. The summed E-state index contributed by atoms with van der Waals surface area (Å²) in [5, 5.41) is 0. The lowest BCUT2D eigenvalue weighted by molar-refractivity contribution is -0.130. The molecule has 1 unspecified atom stereocenters. The van der Waals surface area contributed by atoms with Gasteiger partial charge in [0.2, 0.25) is 12.7 Å². The molecule has 2 aromatic rings. The molecule has 2 aromatic carbocycles. The van der Waals surface area contributed by atoms with E-state index in [9.17, 15) is 4.79 Å². The number of hydrogen-bond acceptors (Lipinski definition) is 7. The maximum Gasteiger partial charge on any atom is 0.231 e. The zero-order valence-electron chi connectivity index (χ0n) is 22.0. The van der Waals surface area contributed by atoms with Crippen molar-refractivity contribution in [3.63, 3.8) is 0 Å². The SMILES string of the molecule is COc1cc(OC)cc(OCCCN2CCCCC2CCN2CCc3cc4c(cc3CC2=O)OCO4)c1. The molecule has 3 heterocycles. The molecule has 0 aliphatic carbocycles. The van der Waals surface area contributed by atoms with Crippen molar-refractivity contribution in [3.05, 3.63) is 41.5 Å². The van der Waals surface area contributed by atoms with Crippen LogP contribution in [0.3, 0.4) is 0 Å². The van der Waals surface area contributed by atoms with Crippen LogP contribution in [0.5, 0.6) is 28.7 Å². The summed E-state index contributed by atoms with van der Waals surface area (Å²) < 4.78 is 27.7. The summed E-state index contributed by atoms with van der Waals surface area (Å²) in [5.41, 5.74) is 2.28. The number of ether oxygens (including phenoxy) is 5. The van der Waals surface area contributed by atoms with Crippen molar-refractivity contribution < 1.29 is 28.5 Å². The van der Waals surface area contributed by atoms with Gasteiger partial charge in [-0.15, -0.1) is 0 Å². The lowest BCUT2D eigenvalue weighted by Crippen LogP contribution is -2.43. The average molecular weight is 511 g/mol. The summed E-state index contributed by atoms with van der Waals surface area (Å²) in [5.74, 6) is 3.97. The van der Waals surface area contributed by atoms with Crippen LogP contribution < -0.4 is 23.7 Å². The number of piperidine rings is 1. The van der Waals surface area contributed by atoms with Gasteiger partial charge in [-0.2, -0.15) is 0 Å². The number of amides is 1. The third-order valence-corrected chi connectivity index (χ3v) is 7.70. The molecule has 8 nitrogen and oxygen atoms in total. The molecule has 3 aliphatic heterocycles. The third-order valence-electron chi connectivity index (χ3n) is 7.70. The molecular formula is C29H38N2O6. The fourth-order valence-electron chi connectivity index (χ4n) is 5.62. The van der Waals surface area contributed by atoms with E-state index in [1.165, 1.54) is 24.8 Å². The van der Waals surface area contributed by atoms with E-state index in [2.05, 4.69) is 15.9 Å². The Morgan fingerprint density at radius 1 is 0.892 bits per heavy atom. The highest BCUT2D eigenvalue weighted by atomic mass is 16.7. The minimum absolute atomic E-state index is 0.210. The molecule has 0 bridgehead atoms. The Bertz CT molecular complexity index is 1070. The Morgan fingerprint density at radius 3 is 2.38 bits per heavy atom. The molecule has 37 heavy (non-hydrogen) atoms. The van der Waals surface area contributed by atoms with Crippen molar-refractivity contribution in [2.24, 2.45) is 0 Å². The van der Waals surface area contributed by atoms with Crippen LogP contribution in [0.2, 0.25) is 0 Å². The second-order valence-corrected chi connectivity index (χ2v) is 10.0. The Labute approximate surface area is 219 Å². The molecule has 1 atom stereocenters. The van der Waals surface area contributed by atoms with Gasteiger partial charge in [0.1, 0.15) is 17.2 Å². The molecule has 1 amide bonds. The molecular weight excluding hydrogens is 472 g/mol. The van der Waals surface area contributed by atoms with Gasteiger partial charge < -0.3 is 33.5 Å². The van der Waals surface area contributed by atoms with Crippen LogP contribution >= 0.6 is 0 Å². The molecule has 0 spiro atoms. The van der Waals surface area contributed by atoms with Gasteiger partial charge in [0.25, 0.3) is 0 Å². The van der Waals surface area contributed by atoms with E-state index in [0.717, 1.165) is 79.8 Å². The maximum atomic E-state index is 13.1. The lowest BCUT2D eigenvalue weighted by atomic mass is 9.98. The average Bonchev–Trinajstić information content (AvgIpc) is 3.32. The summed E-state index contributed by atoms with van der Waals surface area (Å²) in [6.45, 7) is 4.58. The third kappa shape index (κ3) is 6.24. The predicted molar refractivity (Wildman–Crippen MR) is 140 cm³/mol. The number of carbonyl (C=O) groups is 1. The van der Waals surface area contributed by atoms with Crippen LogP contribution in [-0.2, 0) is 17.6 Å². The van der Waals surface area contributed by atoms with E-state index in [0.29, 0.717) is 19.1 Å². The zero-order valence-corrected chi connectivity index (χ0v) is 22.0. The summed E-state index contributed by atoms with van der Waals surface area (Å²) in [7, 11) is 3.28. The van der Waals surface area contributed by atoms with E-state index in [4.69, 9.17) is 23.7 Å². The Morgan fingerprint density at radius 2 is 1.62 bits per heavy atom. The van der Waals surface area contributed by atoms with Gasteiger partial charge in [0.15, 0.2) is 11.5 Å². The van der Waals surface area contributed by atoms with Crippen LogP contribution in [0, 0.1) is 0 Å². The number of fused-ring (bicyclic) bond motifs is 2. The van der Waals surface area contributed by atoms with Gasteiger partial charge in [-0.3, -0.25) is 4.79 Å². The normalized spacial score (nSPS) is 19.4. The first-order chi connectivity index (χ1) is 18.1. The zero-order chi connectivity index (χ0) is 25.6. The lowest BCUT2D eigenvalue weighted by Gasteiger charge is -2.37. The van der Waals surface area contributed by atoms with E-state index in [1.54, 1.807) is 14.2 Å². The quantitative estimate of drug-likeness (QED) is 0.446. The van der Waals surface area contributed by atoms with Gasteiger partial charge in [0.05, 0.1) is 27.2 Å². The minimum Gasteiger partial charge on any atom is -0.496 e. The Balaban J connectivity index is 1.10. The summed E-state index contributed by atoms with van der Waals surface area (Å²) in [6, 6.07) is 10.2. The first-order valence-electron chi connectivity index (χ1n) is 13.4. The van der Waals surface area contributed by atoms with E-state index < -0.39 is 0 Å². The predicted octanol–water partition coefficient (Wildman–Crippen LogP) is 4.07. The molecule has 1 fully saturated rings. The van der Waals surface area contributed by atoms with Crippen LogP contribution in [-0.4, -0.2) is 75.5 Å². The van der Waals surface area contributed by atoms with Crippen molar-refractivity contribution in [1.82, 2.24) is 9.80 Å². The van der Waals surface area contributed by atoms with Crippen LogP contribution in [0.1, 0.15) is 43.2 Å². The Kier molecular flexibility index (Phi) is 8.24. The van der Waals surface area contributed by atoms with Crippen molar-refractivity contribution in [2.75, 3.05) is 53.8 Å². The monoisotopic (exact) mass is 510 g/mol. The van der Waals surface area contributed by atoms with Crippen molar-refractivity contribution >= 4 is 5.91 Å². The van der Waals surface area contributed by atoms with Crippen molar-refractivity contribution in [2.45, 2.75) is 51.0 Å². The van der Waals surface area contributed by atoms with Gasteiger partial charge in [-0.25, -0.2) is 0 Å². The summed E-state index contributed by atoms with van der Waals surface area (Å²) >= 11 is 0. The number of methoxy groups -OCH3 is 2. The topological polar surface area (TPSA) is 69.7 Å². The fourth-order valence-corrected chi connectivity index (χ4v) is 5.62. The fraction of sp³-hybridized carbons (Fsp3) is 0.552. The van der Waals surface area contributed by atoms with Crippen molar-refractivity contribution in [1.29, 1.82) is 0 Å². The molecule has 1 saturated heterocycles. The highest BCUT2D eigenvalue weighted by molar-refractivity contribution is 5.80. The highest BCUT2D eigenvalue weighted by Crippen LogP contribution is 2.36. The maximum absolute atomic E-state index is 13.1. The second-order valence-electron chi connectivity index (χ2n) is 10.0. The molecule has 8 heteroatoms. The number of benzene rings is 2. The van der Waals surface area contributed by atoms with Crippen LogP contribution in [0.25, 0.3) is 0 Å². The largest absolute Gasteiger partial charge is 0.496 e. The van der Waals surface area contributed by atoms with Gasteiger partial charge in [0, 0.05) is 43.9 Å². The standard InChI is InChI=1S/C29H38N2O6/c1-33-24-17-25(34-2)19-26(18-24)35-13-5-10-30-9-4-3-6-23(30)8-12-31-11-7-21-14-27-28(37-20-36-27)15-22(21)16-29(31)32/h14-15,17-19,23H,3-13,16,20H2,1-2H3. The summed E-state index contributed by atoms with van der Waals surface area (Å²) in [6.07, 6.45) is 6.94. The van der Waals surface area contributed by atoms with Crippen LogP contribution in [0.15, 0.2) is 30.3 Å². The number of nitrogens with zero attached hydrogens (tertiary/aromatic N) is 2. The first kappa shape index (κ1) is 25.5. The van der Waals surface area contributed by atoms with E-state index in [1.807, 2.05) is 24.3 Å². The smallest absolute Gasteiger partial charge is 0.231 e. The molecule has 200 valence electrons. The second kappa shape index (κ2) is 11.9. The van der Waals surface area contributed by atoms with E-state index in [-0.39, 0.29) is 12.7 Å². The minimum atomic E-state index is 0.210. The molecule has 0 radical (unpaired) electrons. The number of likely N-dealkylation sites (tertiary alicyclic amines) is 1. The van der Waals surface area contributed by atoms with Crippen LogP contribution in [0.4, 0.5) is 0 Å². The van der Waals surface area contributed by atoms with Crippen molar-refractivity contribution in [3.8, 4) is 28.7 Å². The van der Waals surface area contributed by atoms with Gasteiger partial charge in [-0.05, 0) is 61.9 Å². The molecule has 0 saturated carbocycles. The van der Waals surface area contributed by atoms with E-state index >= 15 is 0 Å². The number of rotatable bonds is 10. The van der Waals surface area contributed by atoms with Gasteiger partial charge >= 0.3 is 0 Å². The highest BCUT2D eigenvalue weighted by Gasteiger charge is 2.27. The molecule has 5 rings (SSSR count).